The SMILES string of the molecule is CCC1CCSC(=NCc2ccnn2C)N1. The van der Waals surface area contributed by atoms with Gasteiger partial charge in [-0.2, -0.15) is 5.10 Å². The Morgan fingerprint density at radius 3 is 3.25 bits per heavy atom. The average Bonchev–Trinajstić information content (AvgIpc) is 2.72. The van der Waals surface area contributed by atoms with E-state index in [1.54, 1.807) is 0 Å². The average molecular weight is 238 g/mol. The van der Waals surface area contributed by atoms with Crippen LogP contribution in [-0.4, -0.2) is 26.7 Å². The van der Waals surface area contributed by atoms with Gasteiger partial charge in [0, 0.05) is 25.0 Å². The summed E-state index contributed by atoms with van der Waals surface area (Å²) in [5, 5.41) is 8.68. The van der Waals surface area contributed by atoms with E-state index in [1.165, 1.54) is 18.6 Å². The van der Waals surface area contributed by atoms with Gasteiger partial charge >= 0.3 is 0 Å². The Morgan fingerprint density at radius 1 is 1.69 bits per heavy atom. The Morgan fingerprint density at radius 2 is 2.56 bits per heavy atom. The van der Waals surface area contributed by atoms with Crippen molar-refractivity contribution >= 4 is 16.9 Å². The van der Waals surface area contributed by atoms with Crippen LogP contribution in [-0.2, 0) is 13.6 Å². The second kappa shape index (κ2) is 5.39. The summed E-state index contributed by atoms with van der Waals surface area (Å²) in [6.07, 6.45) is 4.23. The van der Waals surface area contributed by atoms with Crippen LogP contribution in [0.5, 0.6) is 0 Å². The summed E-state index contributed by atoms with van der Waals surface area (Å²) in [5.41, 5.74) is 1.15. The minimum absolute atomic E-state index is 0.603. The Kier molecular flexibility index (Phi) is 3.88. The lowest BCUT2D eigenvalue weighted by molar-refractivity contribution is 0.570. The molecule has 0 amide bonds. The monoisotopic (exact) mass is 238 g/mol. The molecular weight excluding hydrogens is 220 g/mol. The summed E-state index contributed by atoms with van der Waals surface area (Å²) >= 11 is 1.82. The van der Waals surface area contributed by atoms with E-state index in [2.05, 4.69) is 22.3 Å². The zero-order valence-electron chi connectivity index (χ0n) is 9.81. The van der Waals surface area contributed by atoms with Crippen molar-refractivity contribution < 1.29 is 0 Å². The van der Waals surface area contributed by atoms with Gasteiger partial charge in [0.1, 0.15) is 0 Å². The molecule has 1 aromatic heterocycles. The molecule has 0 radical (unpaired) electrons. The molecule has 0 aromatic carbocycles. The lowest BCUT2D eigenvalue weighted by Crippen LogP contribution is -2.37. The third-order valence-corrected chi connectivity index (χ3v) is 3.79. The minimum Gasteiger partial charge on any atom is -0.362 e. The Labute approximate surface area is 101 Å². The van der Waals surface area contributed by atoms with Gasteiger partial charge in [0.2, 0.25) is 0 Å². The number of nitrogens with one attached hydrogen (secondary N) is 1. The van der Waals surface area contributed by atoms with Crippen LogP contribution in [0, 0.1) is 0 Å². The molecule has 0 spiro atoms. The quantitative estimate of drug-likeness (QED) is 0.873. The Balaban J connectivity index is 1.94. The molecule has 2 rings (SSSR count). The topological polar surface area (TPSA) is 42.2 Å². The van der Waals surface area contributed by atoms with E-state index in [0.29, 0.717) is 12.6 Å². The lowest BCUT2D eigenvalue weighted by Gasteiger charge is -2.24. The van der Waals surface area contributed by atoms with Crippen LogP contribution in [0.2, 0.25) is 0 Å². The molecule has 0 saturated carbocycles. The molecule has 1 atom stereocenters. The van der Waals surface area contributed by atoms with E-state index < -0.39 is 0 Å². The second-order valence-electron chi connectivity index (χ2n) is 3.95. The van der Waals surface area contributed by atoms with E-state index in [0.717, 1.165) is 10.9 Å². The standard InChI is InChI=1S/C11H18N4S/c1-3-9-5-7-16-11(14-9)12-8-10-4-6-13-15(10)2/h4,6,9H,3,5,7-8H2,1-2H3,(H,12,14). The maximum absolute atomic E-state index is 4.59. The fourth-order valence-electron chi connectivity index (χ4n) is 1.69. The zero-order valence-corrected chi connectivity index (χ0v) is 10.6. The lowest BCUT2D eigenvalue weighted by atomic mass is 10.2. The molecule has 1 aromatic rings. The summed E-state index contributed by atoms with van der Waals surface area (Å²) in [6.45, 7) is 2.93. The Bertz CT molecular complexity index is 372. The predicted octanol–water partition coefficient (Wildman–Crippen LogP) is 1.78. The van der Waals surface area contributed by atoms with Crippen molar-refractivity contribution in [2.24, 2.45) is 12.0 Å². The zero-order chi connectivity index (χ0) is 11.4. The number of thioether (sulfide) groups is 1. The minimum atomic E-state index is 0.603. The van der Waals surface area contributed by atoms with E-state index in [1.807, 2.05) is 35.8 Å². The number of aliphatic imine (C=N–C) groups is 1. The molecule has 88 valence electrons. The number of aryl methyl sites for hydroxylation is 1. The van der Waals surface area contributed by atoms with E-state index in [4.69, 9.17) is 0 Å². The van der Waals surface area contributed by atoms with Gasteiger partial charge in [-0.1, -0.05) is 18.7 Å². The molecule has 0 bridgehead atoms. The molecular formula is C11H18N4S. The first-order valence-electron chi connectivity index (χ1n) is 5.70. The highest BCUT2D eigenvalue weighted by Gasteiger charge is 2.15. The molecule has 1 saturated heterocycles. The second-order valence-corrected chi connectivity index (χ2v) is 5.04. The van der Waals surface area contributed by atoms with Crippen LogP contribution in [0.3, 0.4) is 0 Å². The molecule has 2 heterocycles. The van der Waals surface area contributed by atoms with Crippen LogP contribution in [0.15, 0.2) is 17.3 Å². The van der Waals surface area contributed by atoms with Crippen molar-refractivity contribution in [2.45, 2.75) is 32.4 Å². The summed E-state index contributed by atoms with van der Waals surface area (Å²) in [7, 11) is 1.95. The van der Waals surface area contributed by atoms with Crippen molar-refractivity contribution in [3.05, 3.63) is 18.0 Å². The van der Waals surface area contributed by atoms with Crippen molar-refractivity contribution in [3.63, 3.8) is 0 Å². The highest BCUT2D eigenvalue weighted by molar-refractivity contribution is 8.13. The maximum atomic E-state index is 4.59. The van der Waals surface area contributed by atoms with Gasteiger partial charge in [0.05, 0.1) is 12.2 Å². The Hall–Kier alpha value is -0.970. The smallest absolute Gasteiger partial charge is 0.157 e. The summed E-state index contributed by atoms with van der Waals surface area (Å²) < 4.78 is 1.87. The van der Waals surface area contributed by atoms with E-state index in [9.17, 15) is 0 Å². The number of nitrogens with zero attached hydrogens (tertiary/aromatic N) is 3. The van der Waals surface area contributed by atoms with Crippen LogP contribution in [0.1, 0.15) is 25.5 Å². The molecule has 1 N–H and O–H groups in total. The van der Waals surface area contributed by atoms with Gasteiger partial charge in [0.15, 0.2) is 5.17 Å². The summed E-state index contributed by atoms with van der Waals surface area (Å²) in [6, 6.07) is 2.61. The number of rotatable bonds is 3. The molecule has 1 aliphatic heterocycles. The number of hydrogen-bond acceptors (Lipinski definition) is 3. The van der Waals surface area contributed by atoms with Crippen LogP contribution in [0.25, 0.3) is 0 Å². The summed E-state index contributed by atoms with van der Waals surface area (Å²) in [5.74, 6) is 1.18. The fraction of sp³-hybridized carbons (Fsp3) is 0.636. The van der Waals surface area contributed by atoms with Crippen molar-refractivity contribution in [1.82, 2.24) is 15.1 Å². The highest BCUT2D eigenvalue weighted by atomic mass is 32.2. The van der Waals surface area contributed by atoms with E-state index in [-0.39, 0.29) is 0 Å². The molecule has 0 aliphatic carbocycles. The number of amidine groups is 1. The van der Waals surface area contributed by atoms with Gasteiger partial charge in [-0.25, -0.2) is 0 Å². The number of hydrogen-bond donors (Lipinski definition) is 1. The molecule has 16 heavy (non-hydrogen) atoms. The van der Waals surface area contributed by atoms with Gasteiger partial charge in [-0.15, -0.1) is 0 Å². The van der Waals surface area contributed by atoms with Crippen molar-refractivity contribution in [3.8, 4) is 0 Å². The highest BCUT2D eigenvalue weighted by Crippen LogP contribution is 2.16. The van der Waals surface area contributed by atoms with E-state index >= 15 is 0 Å². The number of aromatic nitrogens is 2. The molecule has 4 nitrogen and oxygen atoms in total. The first-order chi connectivity index (χ1) is 7.79. The van der Waals surface area contributed by atoms with Gasteiger partial charge < -0.3 is 5.32 Å². The third-order valence-electron chi connectivity index (χ3n) is 2.83. The first kappa shape index (κ1) is 11.5. The third kappa shape index (κ3) is 2.78. The van der Waals surface area contributed by atoms with Crippen molar-refractivity contribution in [2.75, 3.05) is 5.75 Å². The van der Waals surface area contributed by atoms with Gasteiger partial charge in [-0.3, -0.25) is 9.67 Å². The van der Waals surface area contributed by atoms with Gasteiger partial charge in [-0.05, 0) is 18.9 Å². The molecule has 5 heteroatoms. The van der Waals surface area contributed by atoms with Crippen LogP contribution >= 0.6 is 11.8 Å². The van der Waals surface area contributed by atoms with Gasteiger partial charge in [0.25, 0.3) is 0 Å². The first-order valence-corrected chi connectivity index (χ1v) is 6.69. The molecule has 1 fully saturated rings. The summed E-state index contributed by atoms with van der Waals surface area (Å²) in [4.78, 5) is 4.59. The largest absolute Gasteiger partial charge is 0.362 e. The maximum Gasteiger partial charge on any atom is 0.157 e. The predicted molar refractivity (Wildman–Crippen MR) is 68.6 cm³/mol. The van der Waals surface area contributed by atoms with Crippen LogP contribution < -0.4 is 5.32 Å². The van der Waals surface area contributed by atoms with Crippen LogP contribution in [0.4, 0.5) is 0 Å². The fourth-order valence-corrected chi connectivity index (χ4v) is 2.69. The van der Waals surface area contributed by atoms with Crippen molar-refractivity contribution in [1.29, 1.82) is 0 Å². The molecule has 1 unspecified atom stereocenters. The molecule has 1 aliphatic rings. The normalized spacial score (nSPS) is 23.4.